The predicted molar refractivity (Wildman–Crippen MR) is 129 cm³/mol. The van der Waals surface area contributed by atoms with E-state index in [0.717, 1.165) is 42.9 Å². The molecule has 0 unspecified atom stereocenters. The van der Waals surface area contributed by atoms with Gasteiger partial charge >= 0.3 is 0 Å². The molecule has 0 amide bonds. The third-order valence-electron chi connectivity index (χ3n) is 6.33. The number of hydrogen-bond acceptors (Lipinski definition) is 5. The average Bonchev–Trinajstić information content (AvgIpc) is 2.84. The summed E-state index contributed by atoms with van der Waals surface area (Å²) in [6.07, 6.45) is 7.66. The second-order valence-electron chi connectivity index (χ2n) is 8.61. The third kappa shape index (κ3) is 4.21. The number of aryl methyl sites for hydroxylation is 1. The fourth-order valence-electron chi connectivity index (χ4n) is 4.65. The molecule has 5 nitrogen and oxygen atoms in total. The zero-order chi connectivity index (χ0) is 21.9. The average molecular weight is 425 g/mol. The van der Waals surface area contributed by atoms with Crippen LogP contribution in [0.2, 0.25) is 0 Å². The van der Waals surface area contributed by atoms with Crippen LogP contribution in [0.1, 0.15) is 48.5 Å². The molecule has 0 saturated carbocycles. The van der Waals surface area contributed by atoms with E-state index in [1.165, 1.54) is 27.6 Å². The molecule has 1 N–H and O–H groups in total. The molecule has 2 aromatic heterocycles. The number of fused-ring (bicyclic) bond motifs is 1. The number of rotatable bonds is 5. The van der Waals surface area contributed by atoms with Crippen molar-refractivity contribution in [1.29, 1.82) is 0 Å². The molecule has 4 aromatic rings. The van der Waals surface area contributed by atoms with Crippen LogP contribution in [-0.4, -0.2) is 28.4 Å². The highest BCUT2D eigenvalue weighted by atomic mass is 16.5. The van der Waals surface area contributed by atoms with E-state index >= 15 is 0 Å². The maximum Gasteiger partial charge on any atom is 0.0575 e. The van der Waals surface area contributed by atoms with Crippen molar-refractivity contribution >= 4 is 16.5 Å². The van der Waals surface area contributed by atoms with Gasteiger partial charge in [-0.25, -0.2) is 0 Å². The van der Waals surface area contributed by atoms with E-state index in [0.29, 0.717) is 5.92 Å². The summed E-state index contributed by atoms with van der Waals surface area (Å²) in [5, 5.41) is 14.2. The van der Waals surface area contributed by atoms with Gasteiger partial charge in [-0.3, -0.25) is 4.98 Å². The van der Waals surface area contributed by atoms with Crippen LogP contribution >= 0.6 is 0 Å². The molecule has 32 heavy (non-hydrogen) atoms. The minimum atomic E-state index is 0.123. The molecular formula is C27H28N4O. The Labute approximate surface area is 188 Å². The highest BCUT2D eigenvalue weighted by molar-refractivity contribution is 5.87. The van der Waals surface area contributed by atoms with Gasteiger partial charge in [-0.15, -0.1) is 0 Å². The monoisotopic (exact) mass is 424 g/mol. The van der Waals surface area contributed by atoms with Crippen LogP contribution in [0.5, 0.6) is 0 Å². The molecule has 1 saturated heterocycles. The van der Waals surface area contributed by atoms with Crippen molar-refractivity contribution in [3.63, 3.8) is 0 Å². The van der Waals surface area contributed by atoms with Crippen molar-refractivity contribution in [2.24, 2.45) is 0 Å². The number of para-hydroxylation sites is 1. The van der Waals surface area contributed by atoms with Crippen LogP contribution in [0.15, 0.2) is 67.1 Å². The number of anilines is 1. The van der Waals surface area contributed by atoms with Gasteiger partial charge in [-0.1, -0.05) is 29.8 Å². The fraction of sp³-hybridized carbons (Fsp3) is 0.296. The number of ether oxygens (including phenoxy) is 1. The lowest BCUT2D eigenvalue weighted by molar-refractivity contribution is 0.0845. The fourth-order valence-corrected chi connectivity index (χ4v) is 4.65. The van der Waals surface area contributed by atoms with Crippen molar-refractivity contribution in [3.8, 4) is 11.1 Å². The Morgan fingerprint density at radius 2 is 1.84 bits per heavy atom. The predicted octanol–water partition coefficient (Wildman–Crippen LogP) is 6.07. The van der Waals surface area contributed by atoms with Crippen LogP contribution in [0.4, 0.5) is 5.69 Å². The number of benzene rings is 2. The van der Waals surface area contributed by atoms with Gasteiger partial charge in [0.2, 0.25) is 0 Å². The highest BCUT2D eigenvalue weighted by Gasteiger charge is 2.19. The van der Waals surface area contributed by atoms with E-state index < -0.39 is 0 Å². The van der Waals surface area contributed by atoms with Crippen molar-refractivity contribution in [1.82, 2.24) is 15.2 Å². The standard InChI is InChI=1S/C27H28N4O/c1-18-13-22-16-28-27(20-8-11-32-12-9-20)15-25(22)24(14-18)19(2)31-26-6-4-3-5-23(26)21-7-10-29-30-17-21/h3-7,10,13-17,19-20,31H,8-9,11-12H2,1-2H3/t19-/m1/s1. The van der Waals surface area contributed by atoms with E-state index in [9.17, 15) is 0 Å². The van der Waals surface area contributed by atoms with E-state index in [1.54, 1.807) is 12.4 Å². The first-order valence-electron chi connectivity index (χ1n) is 11.3. The molecule has 0 spiro atoms. The van der Waals surface area contributed by atoms with Gasteiger partial charge in [-0.2, -0.15) is 10.2 Å². The SMILES string of the molecule is Cc1cc([C@@H](C)Nc2ccccc2-c2ccnnc2)c2cc(C3CCOCC3)ncc2c1. The van der Waals surface area contributed by atoms with Gasteiger partial charge in [0.05, 0.1) is 12.4 Å². The minimum Gasteiger partial charge on any atom is -0.381 e. The van der Waals surface area contributed by atoms with Crippen LogP contribution in [-0.2, 0) is 4.74 Å². The molecule has 162 valence electrons. The maximum atomic E-state index is 5.55. The summed E-state index contributed by atoms with van der Waals surface area (Å²) in [7, 11) is 0. The van der Waals surface area contributed by atoms with E-state index in [-0.39, 0.29) is 6.04 Å². The molecule has 1 aliphatic rings. The largest absolute Gasteiger partial charge is 0.381 e. The molecule has 3 heterocycles. The second-order valence-corrected chi connectivity index (χ2v) is 8.61. The zero-order valence-electron chi connectivity index (χ0n) is 18.6. The Morgan fingerprint density at radius 3 is 2.66 bits per heavy atom. The Balaban J connectivity index is 1.52. The van der Waals surface area contributed by atoms with Gasteiger partial charge in [0.25, 0.3) is 0 Å². The topological polar surface area (TPSA) is 59.9 Å². The summed E-state index contributed by atoms with van der Waals surface area (Å²) in [5.41, 5.74) is 6.97. The highest BCUT2D eigenvalue weighted by Crippen LogP contribution is 2.34. The third-order valence-corrected chi connectivity index (χ3v) is 6.33. The van der Waals surface area contributed by atoms with E-state index in [4.69, 9.17) is 9.72 Å². The minimum absolute atomic E-state index is 0.123. The Hall–Kier alpha value is -3.31. The molecule has 0 aliphatic carbocycles. The van der Waals surface area contributed by atoms with Gasteiger partial charge in [-0.05, 0) is 61.9 Å². The van der Waals surface area contributed by atoms with Crippen LogP contribution in [0, 0.1) is 6.92 Å². The van der Waals surface area contributed by atoms with E-state index in [1.807, 2.05) is 12.3 Å². The molecule has 1 aliphatic heterocycles. The van der Waals surface area contributed by atoms with Crippen molar-refractivity contribution < 1.29 is 4.74 Å². The van der Waals surface area contributed by atoms with Crippen LogP contribution < -0.4 is 5.32 Å². The molecule has 0 bridgehead atoms. The summed E-state index contributed by atoms with van der Waals surface area (Å²) in [6.45, 7) is 6.02. The van der Waals surface area contributed by atoms with Crippen molar-refractivity contribution in [2.75, 3.05) is 18.5 Å². The zero-order valence-corrected chi connectivity index (χ0v) is 18.6. The van der Waals surface area contributed by atoms with Crippen molar-refractivity contribution in [2.45, 2.75) is 38.6 Å². The first-order chi connectivity index (χ1) is 15.7. The molecule has 0 radical (unpaired) electrons. The molecule has 2 aromatic carbocycles. The van der Waals surface area contributed by atoms with Gasteiger partial charge < -0.3 is 10.1 Å². The summed E-state index contributed by atoms with van der Waals surface area (Å²) >= 11 is 0. The number of aromatic nitrogens is 3. The van der Waals surface area contributed by atoms with Crippen LogP contribution in [0.25, 0.3) is 21.9 Å². The Bertz CT molecular complexity index is 1220. The first kappa shape index (κ1) is 20.6. The Kier molecular flexibility index (Phi) is 5.82. The molecule has 5 heteroatoms. The lowest BCUT2D eigenvalue weighted by Gasteiger charge is -2.23. The Morgan fingerprint density at radius 1 is 1.00 bits per heavy atom. The van der Waals surface area contributed by atoms with Gasteiger partial charge in [0.1, 0.15) is 0 Å². The first-order valence-corrected chi connectivity index (χ1v) is 11.3. The quantitative estimate of drug-likeness (QED) is 0.421. The summed E-state index contributed by atoms with van der Waals surface area (Å²) in [5.74, 6) is 0.477. The summed E-state index contributed by atoms with van der Waals surface area (Å²) in [4.78, 5) is 4.82. The molecule has 1 fully saturated rings. The number of hydrogen-bond donors (Lipinski definition) is 1. The summed E-state index contributed by atoms with van der Waals surface area (Å²) in [6, 6.07) is 17.3. The van der Waals surface area contributed by atoms with Crippen LogP contribution in [0.3, 0.4) is 0 Å². The number of nitrogens with zero attached hydrogens (tertiary/aromatic N) is 3. The van der Waals surface area contributed by atoms with E-state index in [2.05, 4.69) is 71.8 Å². The van der Waals surface area contributed by atoms with Gasteiger partial charge in [0.15, 0.2) is 0 Å². The molecular weight excluding hydrogens is 396 g/mol. The lowest BCUT2D eigenvalue weighted by Crippen LogP contribution is -2.15. The normalized spacial score (nSPS) is 15.6. The second kappa shape index (κ2) is 9.05. The van der Waals surface area contributed by atoms with Gasteiger partial charge in [0, 0.05) is 59.3 Å². The number of pyridine rings is 1. The molecule has 5 rings (SSSR count). The maximum absolute atomic E-state index is 5.55. The van der Waals surface area contributed by atoms with Crippen molar-refractivity contribution in [3.05, 3.63) is 83.9 Å². The lowest BCUT2D eigenvalue weighted by atomic mass is 9.92. The molecule has 1 atom stereocenters. The summed E-state index contributed by atoms with van der Waals surface area (Å²) < 4.78 is 5.55. The number of nitrogens with one attached hydrogen (secondary N) is 1. The smallest absolute Gasteiger partial charge is 0.0575 e.